The van der Waals surface area contributed by atoms with Crippen LogP contribution in [0.3, 0.4) is 0 Å². The predicted molar refractivity (Wildman–Crippen MR) is 69.2 cm³/mol. The summed E-state index contributed by atoms with van der Waals surface area (Å²) in [5, 5.41) is 14.4. The summed E-state index contributed by atoms with van der Waals surface area (Å²) in [6, 6.07) is 5.61. The fourth-order valence-electron chi connectivity index (χ4n) is 1.65. The Labute approximate surface area is 102 Å². The first-order chi connectivity index (χ1) is 8.04. The Morgan fingerprint density at radius 2 is 1.94 bits per heavy atom. The molecule has 94 valence electrons. The highest BCUT2D eigenvalue weighted by atomic mass is 16.3. The van der Waals surface area contributed by atoms with Gasteiger partial charge >= 0.3 is 6.03 Å². The van der Waals surface area contributed by atoms with Crippen molar-refractivity contribution >= 4 is 11.7 Å². The van der Waals surface area contributed by atoms with Crippen molar-refractivity contribution in [1.82, 2.24) is 5.32 Å². The Morgan fingerprint density at radius 1 is 1.35 bits per heavy atom. The Hall–Kier alpha value is -1.55. The van der Waals surface area contributed by atoms with Crippen molar-refractivity contribution in [2.24, 2.45) is 0 Å². The third-order valence-electron chi connectivity index (χ3n) is 2.66. The number of aliphatic hydroxyl groups excluding tert-OH is 1. The molecular weight excluding hydrogens is 216 g/mol. The molecule has 0 saturated carbocycles. The van der Waals surface area contributed by atoms with Gasteiger partial charge in [0.05, 0.1) is 0 Å². The maximum absolute atomic E-state index is 11.7. The summed E-state index contributed by atoms with van der Waals surface area (Å²) >= 11 is 0. The van der Waals surface area contributed by atoms with Crippen LogP contribution in [0.1, 0.15) is 24.5 Å². The molecule has 2 amide bonds. The van der Waals surface area contributed by atoms with Crippen LogP contribution in [-0.2, 0) is 0 Å². The smallest absolute Gasteiger partial charge is 0.319 e. The summed E-state index contributed by atoms with van der Waals surface area (Å²) in [5.74, 6) is 0. The predicted octanol–water partition coefficient (Wildman–Crippen LogP) is 2.20. The van der Waals surface area contributed by atoms with Crippen LogP contribution in [0.4, 0.5) is 10.5 Å². The van der Waals surface area contributed by atoms with Gasteiger partial charge in [0.15, 0.2) is 0 Å². The highest BCUT2D eigenvalue weighted by Gasteiger charge is 2.09. The molecule has 0 bridgehead atoms. The maximum Gasteiger partial charge on any atom is 0.319 e. The molecule has 0 radical (unpaired) electrons. The van der Waals surface area contributed by atoms with Crippen LogP contribution in [0.25, 0.3) is 0 Å². The number of benzene rings is 1. The Kier molecular flexibility index (Phi) is 4.97. The molecule has 0 heterocycles. The molecule has 0 fully saturated rings. The van der Waals surface area contributed by atoms with E-state index in [9.17, 15) is 4.79 Å². The molecular formula is C13H20N2O2. The lowest BCUT2D eigenvalue weighted by molar-refractivity contribution is 0.241. The van der Waals surface area contributed by atoms with Crippen molar-refractivity contribution in [3.8, 4) is 0 Å². The van der Waals surface area contributed by atoms with Gasteiger partial charge in [0.1, 0.15) is 0 Å². The van der Waals surface area contributed by atoms with E-state index in [-0.39, 0.29) is 18.7 Å². The zero-order valence-electron chi connectivity index (χ0n) is 10.6. The zero-order valence-corrected chi connectivity index (χ0v) is 10.6. The molecule has 3 N–H and O–H groups in total. The minimum absolute atomic E-state index is 0.0377. The van der Waals surface area contributed by atoms with Crippen molar-refractivity contribution in [1.29, 1.82) is 0 Å². The van der Waals surface area contributed by atoms with Gasteiger partial charge in [-0.25, -0.2) is 4.79 Å². The number of urea groups is 1. The molecule has 4 heteroatoms. The van der Waals surface area contributed by atoms with E-state index >= 15 is 0 Å². The quantitative estimate of drug-likeness (QED) is 0.750. The third kappa shape index (κ3) is 4.07. The van der Waals surface area contributed by atoms with E-state index in [1.54, 1.807) is 0 Å². The molecule has 4 nitrogen and oxygen atoms in total. The average Bonchev–Trinajstić information content (AvgIpc) is 2.24. The Morgan fingerprint density at radius 3 is 2.47 bits per heavy atom. The standard InChI is InChI=1S/C13H20N2O2/c1-9-5-4-6-10(2)12(9)15-13(17)14-11(3)7-8-16/h4-6,11,16H,7-8H2,1-3H3,(H2,14,15,17)/t11-/m1/s1. The topological polar surface area (TPSA) is 61.4 Å². The lowest BCUT2D eigenvalue weighted by Gasteiger charge is -2.15. The van der Waals surface area contributed by atoms with Crippen LogP contribution >= 0.6 is 0 Å². The van der Waals surface area contributed by atoms with E-state index in [2.05, 4.69) is 10.6 Å². The summed E-state index contributed by atoms with van der Waals surface area (Å²) in [4.78, 5) is 11.7. The van der Waals surface area contributed by atoms with E-state index in [1.165, 1.54) is 0 Å². The van der Waals surface area contributed by atoms with Gasteiger partial charge in [-0.05, 0) is 38.3 Å². The van der Waals surface area contributed by atoms with Crippen LogP contribution in [0.15, 0.2) is 18.2 Å². The number of hydrogen-bond donors (Lipinski definition) is 3. The summed E-state index contributed by atoms with van der Waals surface area (Å²) in [6.45, 7) is 5.85. The van der Waals surface area contributed by atoms with E-state index in [4.69, 9.17) is 5.11 Å². The fourth-order valence-corrected chi connectivity index (χ4v) is 1.65. The van der Waals surface area contributed by atoms with Crippen LogP contribution in [-0.4, -0.2) is 23.8 Å². The number of anilines is 1. The Balaban J connectivity index is 2.62. The van der Waals surface area contributed by atoms with Gasteiger partial charge in [-0.1, -0.05) is 18.2 Å². The first kappa shape index (κ1) is 13.5. The van der Waals surface area contributed by atoms with Crippen LogP contribution in [0.2, 0.25) is 0 Å². The molecule has 0 saturated heterocycles. The van der Waals surface area contributed by atoms with Crippen molar-refractivity contribution in [3.63, 3.8) is 0 Å². The zero-order chi connectivity index (χ0) is 12.8. The molecule has 0 aromatic heterocycles. The van der Waals surface area contributed by atoms with E-state index in [1.807, 2.05) is 39.0 Å². The van der Waals surface area contributed by atoms with Crippen LogP contribution in [0.5, 0.6) is 0 Å². The van der Waals surface area contributed by atoms with E-state index < -0.39 is 0 Å². The monoisotopic (exact) mass is 236 g/mol. The number of carbonyl (C=O) groups excluding carboxylic acids is 1. The molecule has 1 atom stereocenters. The number of para-hydroxylation sites is 1. The van der Waals surface area contributed by atoms with E-state index in [0.717, 1.165) is 16.8 Å². The van der Waals surface area contributed by atoms with E-state index in [0.29, 0.717) is 6.42 Å². The van der Waals surface area contributed by atoms with Gasteiger partial charge in [-0.2, -0.15) is 0 Å². The number of aliphatic hydroxyl groups is 1. The minimum Gasteiger partial charge on any atom is -0.396 e. The molecule has 17 heavy (non-hydrogen) atoms. The third-order valence-corrected chi connectivity index (χ3v) is 2.66. The second-order valence-electron chi connectivity index (χ2n) is 4.28. The number of carbonyl (C=O) groups is 1. The van der Waals surface area contributed by atoms with Gasteiger partial charge in [0.25, 0.3) is 0 Å². The lowest BCUT2D eigenvalue weighted by Crippen LogP contribution is -2.36. The van der Waals surface area contributed by atoms with Gasteiger partial charge in [0.2, 0.25) is 0 Å². The van der Waals surface area contributed by atoms with Gasteiger partial charge in [-0.3, -0.25) is 0 Å². The van der Waals surface area contributed by atoms with Crippen molar-refractivity contribution < 1.29 is 9.90 Å². The number of aryl methyl sites for hydroxylation is 2. The van der Waals surface area contributed by atoms with Gasteiger partial charge in [0, 0.05) is 18.3 Å². The Bertz CT molecular complexity index is 371. The van der Waals surface area contributed by atoms with Crippen LogP contribution < -0.4 is 10.6 Å². The van der Waals surface area contributed by atoms with Crippen molar-refractivity contribution in [2.45, 2.75) is 33.2 Å². The first-order valence-electron chi connectivity index (χ1n) is 5.79. The fraction of sp³-hybridized carbons (Fsp3) is 0.462. The second-order valence-corrected chi connectivity index (χ2v) is 4.28. The molecule has 0 aliphatic rings. The number of hydrogen-bond acceptors (Lipinski definition) is 2. The molecule has 0 aliphatic heterocycles. The maximum atomic E-state index is 11.7. The summed E-state index contributed by atoms with van der Waals surface area (Å²) < 4.78 is 0. The minimum atomic E-state index is -0.233. The molecule has 1 rings (SSSR count). The number of amides is 2. The number of nitrogens with one attached hydrogen (secondary N) is 2. The first-order valence-corrected chi connectivity index (χ1v) is 5.79. The van der Waals surface area contributed by atoms with Crippen molar-refractivity contribution in [2.75, 3.05) is 11.9 Å². The summed E-state index contributed by atoms with van der Waals surface area (Å²) in [7, 11) is 0. The molecule has 1 aromatic carbocycles. The normalized spacial score (nSPS) is 12.0. The lowest BCUT2D eigenvalue weighted by atomic mass is 10.1. The van der Waals surface area contributed by atoms with Gasteiger partial charge in [-0.15, -0.1) is 0 Å². The molecule has 1 aromatic rings. The second kappa shape index (κ2) is 6.25. The van der Waals surface area contributed by atoms with Gasteiger partial charge < -0.3 is 15.7 Å². The summed E-state index contributed by atoms with van der Waals surface area (Å²) in [5.41, 5.74) is 2.92. The average molecular weight is 236 g/mol. The number of rotatable bonds is 4. The molecule has 0 unspecified atom stereocenters. The van der Waals surface area contributed by atoms with Crippen LogP contribution in [0, 0.1) is 13.8 Å². The molecule has 0 aliphatic carbocycles. The SMILES string of the molecule is Cc1cccc(C)c1NC(=O)N[C@H](C)CCO. The molecule has 0 spiro atoms. The highest BCUT2D eigenvalue weighted by molar-refractivity contribution is 5.91. The largest absolute Gasteiger partial charge is 0.396 e. The highest BCUT2D eigenvalue weighted by Crippen LogP contribution is 2.19. The summed E-state index contributed by atoms with van der Waals surface area (Å²) in [6.07, 6.45) is 0.556. The van der Waals surface area contributed by atoms with Crippen molar-refractivity contribution in [3.05, 3.63) is 29.3 Å².